The Hall–Kier alpha value is -1.88. The molecule has 1 aromatic rings. The number of carboxylic acids is 1. The first-order chi connectivity index (χ1) is 9.01. The molecule has 0 spiro atoms. The van der Waals surface area contributed by atoms with E-state index in [-0.39, 0.29) is 16.9 Å². The Morgan fingerprint density at radius 3 is 2.58 bits per heavy atom. The lowest BCUT2D eigenvalue weighted by Gasteiger charge is -2.21. The number of rotatable bonds is 4. The quantitative estimate of drug-likeness (QED) is 0.756. The van der Waals surface area contributed by atoms with Gasteiger partial charge in [0.2, 0.25) is 5.91 Å². The summed E-state index contributed by atoms with van der Waals surface area (Å²) in [6, 6.07) is 6.53. The van der Waals surface area contributed by atoms with Crippen LogP contribution in [0.3, 0.4) is 0 Å². The van der Waals surface area contributed by atoms with Gasteiger partial charge >= 0.3 is 5.97 Å². The summed E-state index contributed by atoms with van der Waals surface area (Å²) in [6.07, 6.45) is 0.844. The van der Waals surface area contributed by atoms with Gasteiger partial charge in [0.1, 0.15) is 0 Å². The number of hydrogen-bond donors (Lipinski definition) is 3. The van der Waals surface area contributed by atoms with Gasteiger partial charge in [0, 0.05) is 13.1 Å². The molecule has 102 valence electrons. The molecular weight excluding hydrogens is 244 g/mol. The first-order valence-electron chi connectivity index (χ1n) is 6.32. The van der Waals surface area contributed by atoms with Crippen LogP contribution in [0.1, 0.15) is 29.3 Å². The lowest BCUT2D eigenvalue weighted by atomic mass is 9.89. The van der Waals surface area contributed by atoms with Crippen molar-refractivity contribution in [3.05, 3.63) is 35.4 Å². The summed E-state index contributed by atoms with van der Waals surface area (Å²) in [5, 5.41) is 14.9. The maximum Gasteiger partial charge on any atom is 0.335 e. The van der Waals surface area contributed by atoms with Gasteiger partial charge in [0.05, 0.1) is 11.0 Å². The van der Waals surface area contributed by atoms with Gasteiger partial charge in [-0.05, 0) is 37.6 Å². The van der Waals surface area contributed by atoms with Crippen molar-refractivity contribution < 1.29 is 14.7 Å². The van der Waals surface area contributed by atoms with Crippen LogP contribution in [-0.4, -0.2) is 30.1 Å². The van der Waals surface area contributed by atoms with E-state index in [2.05, 4.69) is 10.6 Å². The maximum absolute atomic E-state index is 12.1. The van der Waals surface area contributed by atoms with Crippen LogP contribution in [0.15, 0.2) is 24.3 Å². The fraction of sp³-hybridized carbons (Fsp3) is 0.429. The Balaban J connectivity index is 1.91. The third-order valence-electron chi connectivity index (χ3n) is 3.57. The average molecular weight is 262 g/mol. The standard InChI is InChI=1S/C14H18N2O3/c1-14(6-7-15-9-14)13(19)16-8-10-2-4-11(5-3-10)12(17)18/h2-5,15H,6-9H2,1H3,(H,16,19)(H,17,18). The number of hydrogen-bond acceptors (Lipinski definition) is 3. The fourth-order valence-electron chi connectivity index (χ4n) is 2.17. The van der Waals surface area contributed by atoms with E-state index in [9.17, 15) is 9.59 Å². The lowest BCUT2D eigenvalue weighted by Crippen LogP contribution is -2.40. The summed E-state index contributed by atoms with van der Waals surface area (Å²) in [4.78, 5) is 22.8. The molecule has 0 radical (unpaired) electrons. The van der Waals surface area contributed by atoms with Crippen molar-refractivity contribution in [3.63, 3.8) is 0 Å². The summed E-state index contributed by atoms with van der Waals surface area (Å²) in [5.74, 6) is -0.903. The molecule has 1 aromatic carbocycles. The topological polar surface area (TPSA) is 78.4 Å². The molecule has 3 N–H and O–H groups in total. The lowest BCUT2D eigenvalue weighted by molar-refractivity contribution is -0.129. The van der Waals surface area contributed by atoms with Gasteiger partial charge in [-0.15, -0.1) is 0 Å². The zero-order valence-corrected chi connectivity index (χ0v) is 10.9. The van der Waals surface area contributed by atoms with E-state index < -0.39 is 5.97 Å². The molecule has 1 aliphatic heterocycles. The van der Waals surface area contributed by atoms with Crippen molar-refractivity contribution in [3.8, 4) is 0 Å². The summed E-state index contributed by atoms with van der Waals surface area (Å²) in [7, 11) is 0. The minimum atomic E-state index is -0.944. The molecule has 1 fully saturated rings. The third kappa shape index (κ3) is 3.12. The molecule has 1 saturated heterocycles. The van der Waals surface area contributed by atoms with Crippen LogP contribution in [0.5, 0.6) is 0 Å². The van der Waals surface area contributed by atoms with Crippen LogP contribution in [0.2, 0.25) is 0 Å². The van der Waals surface area contributed by atoms with Crippen LogP contribution in [-0.2, 0) is 11.3 Å². The van der Waals surface area contributed by atoms with E-state index in [0.29, 0.717) is 13.1 Å². The third-order valence-corrected chi connectivity index (χ3v) is 3.57. The Labute approximate surface area is 112 Å². The van der Waals surface area contributed by atoms with Crippen molar-refractivity contribution in [2.24, 2.45) is 5.41 Å². The van der Waals surface area contributed by atoms with Crippen LogP contribution in [0, 0.1) is 5.41 Å². The normalized spacial score (nSPS) is 22.2. The van der Waals surface area contributed by atoms with Crippen molar-refractivity contribution in [1.29, 1.82) is 0 Å². The Morgan fingerprint density at radius 1 is 1.37 bits per heavy atom. The van der Waals surface area contributed by atoms with E-state index in [1.165, 1.54) is 0 Å². The predicted octanol–water partition coefficient (Wildman–Crippen LogP) is 1.00. The molecule has 0 aromatic heterocycles. The highest BCUT2D eigenvalue weighted by Gasteiger charge is 2.35. The number of aromatic carboxylic acids is 1. The second kappa shape index (κ2) is 5.40. The van der Waals surface area contributed by atoms with Crippen molar-refractivity contribution >= 4 is 11.9 Å². The molecule has 1 amide bonds. The Kier molecular flexibility index (Phi) is 3.85. The van der Waals surface area contributed by atoms with Crippen LogP contribution in [0.25, 0.3) is 0 Å². The van der Waals surface area contributed by atoms with Gasteiger partial charge in [-0.2, -0.15) is 0 Å². The highest BCUT2D eigenvalue weighted by molar-refractivity contribution is 5.87. The molecule has 0 bridgehead atoms. The number of nitrogens with one attached hydrogen (secondary N) is 2. The van der Waals surface area contributed by atoms with E-state index in [0.717, 1.165) is 18.5 Å². The second-order valence-corrected chi connectivity index (χ2v) is 5.17. The molecule has 5 nitrogen and oxygen atoms in total. The number of benzene rings is 1. The van der Waals surface area contributed by atoms with Gasteiger partial charge in [0.15, 0.2) is 0 Å². The summed E-state index contributed by atoms with van der Waals surface area (Å²) in [6.45, 7) is 3.96. The molecule has 0 saturated carbocycles. The maximum atomic E-state index is 12.1. The van der Waals surface area contributed by atoms with E-state index >= 15 is 0 Å². The Bertz CT molecular complexity index is 476. The van der Waals surface area contributed by atoms with Crippen LogP contribution < -0.4 is 10.6 Å². The fourth-order valence-corrected chi connectivity index (χ4v) is 2.17. The highest BCUT2D eigenvalue weighted by Crippen LogP contribution is 2.24. The first-order valence-corrected chi connectivity index (χ1v) is 6.32. The van der Waals surface area contributed by atoms with Crippen LogP contribution >= 0.6 is 0 Å². The summed E-state index contributed by atoms with van der Waals surface area (Å²) < 4.78 is 0. The predicted molar refractivity (Wildman–Crippen MR) is 70.8 cm³/mol. The molecule has 1 atom stereocenters. The number of amides is 1. The van der Waals surface area contributed by atoms with Crippen LogP contribution in [0.4, 0.5) is 0 Å². The molecule has 19 heavy (non-hydrogen) atoms. The van der Waals surface area contributed by atoms with Crippen molar-refractivity contribution in [2.45, 2.75) is 19.9 Å². The van der Waals surface area contributed by atoms with Gasteiger partial charge in [-0.1, -0.05) is 12.1 Å². The minimum Gasteiger partial charge on any atom is -0.478 e. The van der Waals surface area contributed by atoms with E-state index in [1.54, 1.807) is 24.3 Å². The largest absolute Gasteiger partial charge is 0.478 e. The van der Waals surface area contributed by atoms with Crippen molar-refractivity contribution in [1.82, 2.24) is 10.6 Å². The minimum absolute atomic E-state index is 0.0415. The summed E-state index contributed by atoms with van der Waals surface area (Å²) >= 11 is 0. The van der Waals surface area contributed by atoms with E-state index in [4.69, 9.17) is 5.11 Å². The molecule has 1 aliphatic rings. The molecular formula is C14H18N2O3. The molecule has 1 unspecified atom stereocenters. The Morgan fingerprint density at radius 2 is 2.05 bits per heavy atom. The molecule has 0 aliphatic carbocycles. The number of carbonyl (C=O) groups excluding carboxylic acids is 1. The van der Waals surface area contributed by atoms with E-state index in [1.807, 2.05) is 6.92 Å². The van der Waals surface area contributed by atoms with Crippen molar-refractivity contribution in [2.75, 3.05) is 13.1 Å². The molecule has 2 rings (SSSR count). The van der Waals surface area contributed by atoms with Gasteiger partial charge < -0.3 is 15.7 Å². The first kappa shape index (κ1) is 13.5. The second-order valence-electron chi connectivity index (χ2n) is 5.17. The zero-order chi connectivity index (χ0) is 13.9. The number of carbonyl (C=O) groups is 2. The average Bonchev–Trinajstić information content (AvgIpc) is 2.84. The molecule has 5 heteroatoms. The van der Waals surface area contributed by atoms with Gasteiger partial charge in [-0.3, -0.25) is 4.79 Å². The van der Waals surface area contributed by atoms with Gasteiger partial charge in [-0.25, -0.2) is 4.79 Å². The zero-order valence-electron chi connectivity index (χ0n) is 10.9. The number of carboxylic acid groups (broad SMARTS) is 1. The van der Waals surface area contributed by atoms with Gasteiger partial charge in [0.25, 0.3) is 0 Å². The monoisotopic (exact) mass is 262 g/mol. The summed E-state index contributed by atoms with van der Waals surface area (Å²) in [5.41, 5.74) is 0.816. The smallest absolute Gasteiger partial charge is 0.335 e. The molecule has 1 heterocycles. The SMILES string of the molecule is CC1(C(=O)NCc2ccc(C(=O)O)cc2)CCNC1. The highest BCUT2D eigenvalue weighted by atomic mass is 16.4.